The highest BCUT2D eigenvalue weighted by molar-refractivity contribution is 6.35. The number of hydrogen-bond acceptors (Lipinski definition) is 2. The molecule has 15 heavy (non-hydrogen) atoms. The van der Waals surface area contributed by atoms with Crippen LogP contribution in [0.15, 0.2) is 36.4 Å². The molecule has 0 unspecified atom stereocenters. The monoisotopic (exact) mass is 220 g/mol. The second-order valence-corrected chi connectivity index (χ2v) is 3.48. The minimum Gasteiger partial charge on any atom is -0.485 e. The summed E-state index contributed by atoms with van der Waals surface area (Å²) < 4.78 is 5.30. The van der Waals surface area contributed by atoms with E-state index in [1.807, 2.05) is 36.4 Å². The quantitative estimate of drug-likeness (QED) is 0.744. The maximum atomic E-state index is 10.2. The first-order chi connectivity index (χ1) is 7.33. The number of rotatable bonds is 3. The van der Waals surface area contributed by atoms with Crippen LogP contribution in [0.4, 0.5) is 0 Å². The summed E-state index contributed by atoms with van der Waals surface area (Å²) >= 11 is 6.04. The summed E-state index contributed by atoms with van der Waals surface area (Å²) in [5, 5.41) is 2.54. The molecule has 0 saturated carbocycles. The Hall–Kier alpha value is -1.54. The molecule has 0 aromatic heterocycles. The molecule has 2 aromatic carbocycles. The largest absolute Gasteiger partial charge is 0.485 e. The number of fused-ring (bicyclic) bond motifs is 1. The lowest BCUT2D eigenvalue weighted by atomic mass is 10.1. The van der Waals surface area contributed by atoms with Crippen molar-refractivity contribution >= 4 is 28.7 Å². The molecule has 2 aromatic rings. The van der Waals surface area contributed by atoms with Crippen molar-refractivity contribution in [3.63, 3.8) is 0 Å². The van der Waals surface area contributed by atoms with E-state index in [1.165, 1.54) is 0 Å². The van der Waals surface area contributed by atoms with Crippen LogP contribution in [0.1, 0.15) is 0 Å². The van der Waals surface area contributed by atoms with Gasteiger partial charge in [0.1, 0.15) is 12.4 Å². The zero-order valence-electron chi connectivity index (χ0n) is 7.94. The SMILES string of the molecule is O=CCOc1cccc2c(Cl)cccc12. The van der Waals surface area contributed by atoms with Crippen LogP contribution in [0.3, 0.4) is 0 Å². The molecular weight excluding hydrogens is 212 g/mol. The first kappa shape index (κ1) is 9.99. The highest BCUT2D eigenvalue weighted by atomic mass is 35.5. The van der Waals surface area contributed by atoms with E-state index in [1.54, 1.807) is 0 Å². The fourth-order valence-corrected chi connectivity index (χ4v) is 1.73. The number of carbonyl (C=O) groups is 1. The minimum absolute atomic E-state index is 0.0611. The van der Waals surface area contributed by atoms with Crippen molar-refractivity contribution in [3.05, 3.63) is 41.4 Å². The molecule has 0 N–H and O–H groups in total. The van der Waals surface area contributed by atoms with E-state index in [2.05, 4.69) is 0 Å². The second-order valence-electron chi connectivity index (χ2n) is 3.07. The molecule has 0 spiro atoms. The summed E-state index contributed by atoms with van der Waals surface area (Å²) in [4.78, 5) is 10.2. The summed E-state index contributed by atoms with van der Waals surface area (Å²) in [5.74, 6) is 0.683. The maximum Gasteiger partial charge on any atom is 0.157 e. The van der Waals surface area contributed by atoms with Crippen molar-refractivity contribution in [1.82, 2.24) is 0 Å². The number of aldehydes is 1. The molecule has 2 rings (SSSR count). The van der Waals surface area contributed by atoms with E-state index >= 15 is 0 Å². The predicted octanol–water partition coefficient (Wildman–Crippen LogP) is 3.07. The molecule has 76 valence electrons. The highest BCUT2D eigenvalue weighted by Gasteiger charge is 2.03. The Balaban J connectivity index is 2.55. The molecule has 0 amide bonds. The zero-order chi connectivity index (χ0) is 10.7. The zero-order valence-corrected chi connectivity index (χ0v) is 8.70. The van der Waals surface area contributed by atoms with Gasteiger partial charge < -0.3 is 4.74 Å². The molecule has 0 radical (unpaired) electrons. The average Bonchev–Trinajstić information content (AvgIpc) is 2.27. The van der Waals surface area contributed by atoms with Crippen LogP contribution in [-0.2, 0) is 4.79 Å². The Morgan fingerprint density at radius 1 is 1.13 bits per heavy atom. The van der Waals surface area contributed by atoms with Gasteiger partial charge in [-0.15, -0.1) is 0 Å². The highest BCUT2D eigenvalue weighted by Crippen LogP contribution is 2.30. The van der Waals surface area contributed by atoms with Crippen LogP contribution in [0.5, 0.6) is 5.75 Å². The number of carbonyl (C=O) groups excluding carboxylic acids is 1. The van der Waals surface area contributed by atoms with E-state index < -0.39 is 0 Å². The van der Waals surface area contributed by atoms with Gasteiger partial charge in [0.25, 0.3) is 0 Å². The molecule has 3 heteroatoms. The van der Waals surface area contributed by atoms with Gasteiger partial charge in [0.2, 0.25) is 0 Å². The Morgan fingerprint density at radius 2 is 1.87 bits per heavy atom. The number of benzene rings is 2. The van der Waals surface area contributed by atoms with Crippen molar-refractivity contribution < 1.29 is 9.53 Å². The fourth-order valence-electron chi connectivity index (χ4n) is 1.49. The summed E-state index contributed by atoms with van der Waals surface area (Å²) in [6.45, 7) is 0.0611. The number of hydrogen-bond donors (Lipinski definition) is 0. The van der Waals surface area contributed by atoms with Crippen molar-refractivity contribution in [3.8, 4) is 5.75 Å². The Morgan fingerprint density at radius 3 is 2.67 bits per heavy atom. The van der Waals surface area contributed by atoms with Gasteiger partial charge in [0.05, 0.1) is 0 Å². The molecule has 0 saturated heterocycles. The summed E-state index contributed by atoms with van der Waals surface area (Å²) in [6.07, 6.45) is 0.726. The van der Waals surface area contributed by atoms with Crippen molar-refractivity contribution in [2.24, 2.45) is 0 Å². The molecule has 0 heterocycles. The van der Waals surface area contributed by atoms with Gasteiger partial charge in [-0.2, -0.15) is 0 Å². The van der Waals surface area contributed by atoms with E-state index in [-0.39, 0.29) is 6.61 Å². The summed E-state index contributed by atoms with van der Waals surface area (Å²) in [5.41, 5.74) is 0. The number of ether oxygens (including phenoxy) is 1. The van der Waals surface area contributed by atoms with E-state index in [9.17, 15) is 4.79 Å². The molecule has 0 bridgehead atoms. The maximum absolute atomic E-state index is 10.2. The smallest absolute Gasteiger partial charge is 0.157 e. The molecule has 0 aliphatic rings. The Kier molecular flexibility index (Phi) is 2.88. The Labute approximate surface area is 92.4 Å². The van der Waals surface area contributed by atoms with Crippen molar-refractivity contribution in [2.45, 2.75) is 0 Å². The molecule has 0 fully saturated rings. The predicted molar refractivity (Wildman–Crippen MR) is 60.5 cm³/mol. The lowest BCUT2D eigenvalue weighted by Gasteiger charge is -2.07. The first-order valence-corrected chi connectivity index (χ1v) is 4.94. The Bertz CT molecular complexity index is 494. The van der Waals surface area contributed by atoms with Gasteiger partial charge in [-0.05, 0) is 12.1 Å². The topological polar surface area (TPSA) is 26.3 Å². The van der Waals surface area contributed by atoms with Crippen LogP contribution in [0.2, 0.25) is 5.02 Å². The molecule has 0 atom stereocenters. The van der Waals surface area contributed by atoms with Gasteiger partial charge in [-0.25, -0.2) is 0 Å². The van der Waals surface area contributed by atoms with E-state index in [4.69, 9.17) is 16.3 Å². The van der Waals surface area contributed by atoms with Crippen LogP contribution in [0, 0.1) is 0 Å². The van der Waals surface area contributed by atoms with Gasteiger partial charge in [-0.3, -0.25) is 4.79 Å². The van der Waals surface area contributed by atoms with Crippen molar-refractivity contribution in [1.29, 1.82) is 0 Å². The second kappa shape index (κ2) is 4.32. The number of halogens is 1. The third kappa shape index (κ3) is 1.95. The third-order valence-corrected chi connectivity index (χ3v) is 2.47. The third-order valence-electron chi connectivity index (χ3n) is 2.14. The van der Waals surface area contributed by atoms with Crippen LogP contribution >= 0.6 is 11.6 Å². The standard InChI is InChI=1S/C12H9ClO2/c13-11-5-1-4-10-9(11)3-2-6-12(10)15-8-7-14/h1-7H,8H2. The first-order valence-electron chi connectivity index (χ1n) is 4.56. The minimum atomic E-state index is 0.0611. The molecule has 0 aliphatic carbocycles. The fraction of sp³-hybridized carbons (Fsp3) is 0.0833. The van der Waals surface area contributed by atoms with Crippen LogP contribution in [0.25, 0.3) is 10.8 Å². The van der Waals surface area contributed by atoms with Gasteiger partial charge in [-0.1, -0.05) is 35.9 Å². The average molecular weight is 221 g/mol. The van der Waals surface area contributed by atoms with Gasteiger partial charge in [0, 0.05) is 15.8 Å². The molecular formula is C12H9ClO2. The van der Waals surface area contributed by atoms with E-state index in [0.29, 0.717) is 10.8 Å². The summed E-state index contributed by atoms with van der Waals surface area (Å²) in [6, 6.07) is 11.2. The van der Waals surface area contributed by atoms with Crippen LogP contribution < -0.4 is 4.74 Å². The lowest BCUT2D eigenvalue weighted by molar-refractivity contribution is -0.109. The van der Waals surface area contributed by atoms with E-state index in [0.717, 1.165) is 17.1 Å². The summed E-state index contributed by atoms with van der Waals surface area (Å²) in [7, 11) is 0. The lowest BCUT2D eigenvalue weighted by Crippen LogP contribution is -1.97. The molecule has 2 nitrogen and oxygen atoms in total. The van der Waals surface area contributed by atoms with Gasteiger partial charge in [0.15, 0.2) is 6.29 Å². The van der Waals surface area contributed by atoms with Crippen molar-refractivity contribution in [2.75, 3.05) is 6.61 Å². The van der Waals surface area contributed by atoms with Crippen LogP contribution in [-0.4, -0.2) is 12.9 Å². The van der Waals surface area contributed by atoms with Gasteiger partial charge >= 0.3 is 0 Å². The normalized spacial score (nSPS) is 10.2. The molecule has 0 aliphatic heterocycles.